The maximum absolute atomic E-state index is 8.63. The Bertz CT molecular complexity index is 440. The summed E-state index contributed by atoms with van der Waals surface area (Å²) in [5, 5.41) is 8.63. The second kappa shape index (κ2) is 7.54. The van der Waals surface area contributed by atoms with Gasteiger partial charge in [-0.3, -0.25) is 0 Å². The molecule has 0 aromatic heterocycles. The summed E-state index contributed by atoms with van der Waals surface area (Å²) in [6.07, 6.45) is 2.46. The van der Waals surface area contributed by atoms with Crippen molar-refractivity contribution in [2.45, 2.75) is 33.6 Å². The molecule has 1 heteroatoms. The van der Waals surface area contributed by atoms with E-state index >= 15 is 0 Å². The first kappa shape index (κ1) is 14.3. The van der Waals surface area contributed by atoms with Gasteiger partial charge >= 0.3 is 0 Å². The van der Waals surface area contributed by atoms with E-state index in [0.29, 0.717) is 5.75 Å². The van der Waals surface area contributed by atoms with Gasteiger partial charge in [0.2, 0.25) is 0 Å². The van der Waals surface area contributed by atoms with Crippen molar-refractivity contribution in [3.8, 4) is 5.75 Å². The van der Waals surface area contributed by atoms with E-state index in [9.17, 15) is 0 Å². The van der Waals surface area contributed by atoms with Gasteiger partial charge in [-0.05, 0) is 49.1 Å². The van der Waals surface area contributed by atoms with Gasteiger partial charge in [-0.15, -0.1) is 0 Å². The molecule has 0 aliphatic heterocycles. The molecule has 0 saturated carbocycles. The molecule has 0 aliphatic rings. The van der Waals surface area contributed by atoms with E-state index in [4.69, 9.17) is 5.11 Å². The van der Waals surface area contributed by atoms with Crippen LogP contribution >= 0.6 is 0 Å². The lowest BCUT2D eigenvalue weighted by Gasteiger charge is -2.06. The van der Waals surface area contributed by atoms with Crippen molar-refractivity contribution in [2.24, 2.45) is 0 Å². The van der Waals surface area contributed by atoms with E-state index < -0.39 is 0 Å². The average molecular weight is 242 g/mol. The Balaban J connectivity index is 0.000000199. The van der Waals surface area contributed by atoms with E-state index in [0.717, 1.165) is 0 Å². The highest BCUT2D eigenvalue weighted by Crippen LogP contribution is 2.14. The van der Waals surface area contributed by atoms with Crippen LogP contribution in [-0.2, 0) is 6.42 Å². The van der Waals surface area contributed by atoms with Crippen molar-refractivity contribution in [1.29, 1.82) is 0 Å². The molecule has 18 heavy (non-hydrogen) atoms. The number of rotatable bonds is 2. The molecule has 1 N–H and O–H groups in total. The van der Waals surface area contributed by atoms with Crippen molar-refractivity contribution >= 4 is 0 Å². The van der Waals surface area contributed by atoms with Crippen molar-refractivity contribution in [3.05, 3.63) is 65.2 Å². The standard InChI is InChI=1S/C11H16.C6H6O/c1-4-6-11-9(2)7-5-8-10(11)3;7-6-4-2-1-3-5-6/h5,7-8H,4,6H2,1-3H3;1-5,7H. The van der Waals surface area contributed by atoms with Gasteiger partial charge in [-0.25, -0.2) is 0 Å². The molecule has 1 nitrogen and oxygen atoms in total. The van der Waals surface area contributed by atoms with Crippen molar-refractivity contribution in [2.75, 3.05) is 0 Å². The molecule has 2 rings (SSSR count). The maximum atomic E-state index is 8.63. The fourth-order valence-electron chi connectivity index (χ4n) is 1.92. The molecule has 2 aromatic carbocycles. The molecule has 0 unspecified atom stereocenters. The summed E-state index contributed by atoms with van der Waals surface area (Å²) in [5.41, 5.74) is 4.41. The third-order valence-electron chi connectivity index (χ3n) is 2.90. The minimum Gasteiger partial charge on any atom is -0.508 e. The number of hydrogen-bond acceptors (Lipinski definition) is 1. The fraction of sp³-hybridized carbons (Fsp3) is 0.294. The van der Waals surface area contributed by atoms with Crippen LogP contribution in [0.2, 0.25) is 0 Å². The Morgan fingerprint density at radius 2 is 1.39 bits per heavy atom. The molecule has 0 saturated heterocycles. The van der Waals surface area contributed by atoms with Gasteiger partial charge < -0.3 is 5.11 Å². The van der Waals surface area contributed by atoms with Gasteiger partial charge in [0.05, 0.1) is 0 Å². The first-order valence-electron chi connectivity index (χ1n) is 6.44. The number of aromatic hydroxyl groups is 1. The van der Waals surface area contributed by atoms with Crippen LogP contribution in [0.4, 0.5) is 0 Å². The molecule has 0 bridgehead atoms. The molecule has 0 atom stereocenters. The van der Waals surface area contributed by atoms with E-state index in [2.05, 4.69) is 39.0 Å². The highest BCUT2D eigenvalue weighted by molar-refractivity contribution is 5.33. The van der Waals surface area contributed by atoms with Gasteiger partial charge in [-0.1, -0.05) is 49.7 Å². The van der Waals surface area contributed by atoms with Crippen molar-refractivity contribution in [3.63, 3.8) is 0 Å². The summed E-state index contributed by atoms with van der Waals surface area (Å²) < 4.78 is 0. The van der Waals surface area contributed by atoms with Crippen LogP contribution in [0.3, 0.4) is 0 Å². The minimum atomic E-state index is 0.322. The lowest BCUT2D eigenvalue weighted by Crippen LogP contribution is -1.91. The van der Waals surface area contributed by atoms with Gasteiger partial charge in [0.15, 0.2) is 0 Å². The van der Waals surface area contributed by atoms with Gasteiger partial charge in [0, 0.05) is 0 Å². The van der Waals surface area contributed by atoms with Crippen LogP contribution in [0.25, 0.3) is 0 Å². The molecule has 0 amide bonds. The number of hydrogen-bond donors (Lipinski definition) is 1. The highest BCUT2D eigenvalue weighted by atomic mass is 16.3. The number of para-hydroxylation sites is 1. The molecule has 0 fully saturated rings. The zero-order chi connectivity index (χ0) is 13.4. The average Bonchev–Trinajstić information content (AvgIpc) is 2.36. The predicted molar refractivity (Wildman–Crippen MR) is 78.0 cm³/mol. The van der Waals surface area contributed by atoms with E-state index in [1.165, 1.54) is 29.5 Å². The van der Waals surface area contributed by atoms with Crippen LogP contribution in [0.5, 0.6) is 5.75 Å². The van der Waals surface area contributed by atoms with Gasteiger partial charge in [0.25, 0.3) is 0 Å². The number of phenolic OH excluding ortho intramolecular Hbond substituents is 1. The van der Waals surface area contributed by atoms with Crippen molar-refractivity contribution in [1.82, 2.24) is 0 Å². The Labute approximate surface area is 110 Å². The van der Waals surface area contributed by atoms with Crippen LogP contribution < -0.4 is 0 Å². The predicted octanol–water partition coefficient (Wildman–Crippen LogP) is 4.65. The summed E-state index contributed by atoms with van der Waals surface area (Å²) in [6, 6.07) is 15.2. The number of phenols is 1. The summed E-state index contributed by atoms with van der Waals surface area (Å²) in [5.74, 6) is 0.322. The molecule has 96 valence electrons. The largest absolute Gasteiger partial charge is 0.508 e. The second-order valence-electron chi connectivity index (χ2n) is 4.46. The molecule has 2 aromatic rings. The third kappa shape index (κ3) is 4.62. The first-order valence-corrected chi connectivity index (χ1v) is 6.44. The molecule has 0 spiro atoms. The maximum Gasteiger partial charge on any atom is 0.115 e. The van der Waals surface area contributed by atoms with Crippen LogP contribution in [0, 0.1) is 13.8 Å². The van der Waals surface area contributed by atoms with E-state index in [-0.39, 0.29) is 0 Å². The Kier molecular flexibility index (Phi) is 5.99. The fourth-order valence-corrected chi connectivity index (χ4v) is 1.92. The zero-order valence-corrected chi connectivity index (χ0v) is 11.5. The molecule has 0 aliphatic carbocycles. The molecular formula is C17H22O. The second-order valence-corrected chi connectivity index (χ2v) is 4.46. The van der Waals surface area contributed by atoms with Gasteiger partial charge in [0.1, 0.15) is 5.75 Å². The number of aryl methyl sites for hydroxylation is 2. The van der Waals surface area contributed by atoms with E-state index in [1.54, 1.807) is 24.3 Å². The Morgan fingerprint density at radius 1 is 0.833 bits per heavy atom. The molecular weight excluding hydrogens is 220 g/mol. The van der Waals surface area contributed by atoms with Crippen LogP contribution in [0.1, 0.15) is 30.0 Å². The monoisotopic (exact) mass is 242 g/mol. The molecule has 0 radical (unpaired) electrons. The summed E-state index contributed by atoms with van der Waals surface area (Å²) in [4.78, 5) is 0. The SMILES string of the molecule is CCCc1c(C)cccc1C.Oc1ccccc1. The normalized spacial score (nSPS) is 9.50. The smallest absolute Gasteiger partial charge is 0.115 e. The zero-order valence-electron chi connectivity index (χ0n) is 11.5. The summed E-state index contributed by atoms with van der Waals surface area (Å²) in [7, 11) is 0. The van der Waals surface area contributed by atoms with Crippen molar-refractivity contribution < 1.29 is 5.11 Å². The number of benzene rings is 2. The minimum absolute atomic E-state index is 0.322. The Morgan fingerprint density at radius 3 is 1.78 bits per heavy atom. The summed E-state index contributed by atoms with van der Waals surface area (Å²) >= 11 is 0. The Hall–Kier alpha value is -1.76. The molecule has 0 heterocycles. The lowest BCUT2D eigenvalue weighted by atomic mass is 9.99. The first-order chi connectivity index (χ1) is 8.65. The quantitative estimate of drug-likeness (QED) is 0.812. The highest BCUT2D eigenvalue weighted by Gasteiger charge is 1.98. The van der Waals surface area contributed by atoms with Crippen LogP contribution in [-0.4, -0.2) is 5.11 Å². The lowest BCUT2D eigenvalue weighted by molar-refractivity contribution is 0.475. The summed E-state index contributed by atoms with van der Waals surface area (Å²) in [6.45, 7) is 6.61. The third-order valence-corrected chi connectivity index (χ3v) is 2.90. The van der Waals surface area contributed by atoms with Crippen LogP contribution in [0.15, 0.2) is 48.5 Å². The van der Waals surface area contributed by atoms with E-state index in [1.807, 2.05) is 6.07 Å². The topological polar surface area (TPSA) is 20.2 Å². The van der Waals surface area contributed by atoms with Gasteiger partial charge in [-0.2, -0.15) is 0 Å².